The average Bonchev–Trinajstić information content (AvgIpc) is 2.30. The highest BCUT2D eigenvalue weighted by atomic mass is 16.4. The molecular formula is C12H16N2O3. The first-order chi connectivity index (χ1) is 8.18. The maximum absolute atomic E-state index is 11.3. The molecule has 1 amide bonds. The van der Waals surface area contributed by atoms with Crippen LogP contribution < -0.4 is 5.32 Å². The smallest absolute Gasteiger partial charge is 0.303 e. The molecule has 1 rings (SSSR count). The standard InChI is InChI=1S/C12H16N2O3/c15-11(4-1-5-12(16)17)14-8-6-10-3-2-7-13-9-10/h2-3,7,9H,1,4-6,8H2,(H,14,15)(H,16,17). The van der Waals surface area contributed by atoms with E-state index in [-0.39, 0.29) is 18.7 Å². The number of hydrogen-bond donors (Lipinski definition) is 2. The zero-order valence-corrected chi connectivity index (χ0v) is 9.56. The maximum atomic E-state index is 11.3. The number of aliphatic carboxylic acids is 1. The maximum Gasteiger partial charge on any atom is 0.303 e. The third-order valence-corrected chi connectivity index (χ3v) is 2.25. The first kappa shape index (κ1) is 13.2. The van der Waals surface area contributed by atoms with Crippen molar-refractivity contribution in [1.82, 2.24) is 10.3 Å². The van der Waals surface area contributed by atoms with Crippen molar-refractivity contribution >= 4 is 11.9 Å². The number of carbonyl (C=O) groups is 2. The van der Waals surface area contributed by atoms with Gasteiger partial charge in [-0.05, 0) is 24.5 Å². The topological polar surface area (TPSA) is 79.3 Å². The normalized spacial score (nSPS) is 9.88. The summed E-state index contributed by atoms with van der Waals surface area (Å²) in [5, 5.41) is 11.2. The van der Waals surface area contributed by atoms with Gasteiger partial charge in [-0.15, -0.1) is 0 Å². The van der Waals surface area contributed by atoms with Crippen molar-refractivity contribution in [3.63, 3.8) is 0 Å². The van der Waals surface area contributed by atoms with Crippen molar-refractivity contribution in [1.29, 1.82) is 0 Å². The van der Waals surface area contributed by atoms with Crippen molar-refractivity contribution in [2.24, 2.45) is 0 Å². The zero-order chi connectivity index (χ0) is 12.5. The second-order valence-corrected chi connectivity index (χ2v) is 3.71. The van der Waals surface area contributed by atoms with Crippen LogP contribution in [0.3, 0.4) is 0 Å². The summed E-state index contributed by atoms with van der Waals surface area (Å²) in [6, 6.07) is 3.80. The number of carboxylic acids is 1. The molecule has 0 aliphatic carbocycles. The highest BCUT2D eigenvalue weighted by Crippen LogP contribution is 1.97. The Morgan fingerprint density at radius 2 is 2.18 bits per heavy atom. The molecule has 0 bridgehead atoms. The first-order valence-electron chi connectivity index (χ1n) is 5.56. The van der Waals surface area contributed by atoms with Gasteiger partial charge in [-0.25, -0.2) is 0 Å². The number of aromatic nitrogens is 1. The lowest BCUT2D eigenvalue weighted by molar-refractivity contribution is -0.137. The summed E-state index contributed by atoms with van der Waals surface area (Å²) in [5.74, 6) is -0.969. The Morgan fingerprint density at radius 1 is 1.35 bits per heavy atom. The van der Waals surface area contributed by atoms with Crippen LogP contribution in [0.1, 0.15) is 24.8 Å². The van der Waals surface area contributed by atoms with E-state index in [0.29, 0.717) is 13.0 Å². The second-order valence-electron chi connectivity index (χ2n) is 3.71. The van der Waals surface area contributed by atoms with Gasteiger partial charge < -0.3 is 10.4 Å². The Kier molecular flexibility index (Phi) is 5.71. The fraction of sp³-hybridized carbons (Fsp3) is 0.417. The van der Waals surface area contributed by atoms with Gasteiger partial charge in [0, 0.05) is 31.8 Å². The summed E-state index contributed by atoms with van der Waals surface area (Å²) >= 11 is 0. The van der Waals surface area contributed by atoms with Gasteiger partial charge in [-0.3, -0.25) is 14.6 Å². The molecule has 1 aromatic heterocycles. The van der Waals surface area contributed by atoms with E-state index < -0.39 is 5.97 Å². The van der Waals surface area contributed by atoms with Crippen LogP contribution in [-0.2, 0) is 16.0 Å². The van der Waals surface area contributed by atoms with Gasteiger partial charge in [-0.1, -0.05) is 6.07 Å². The van der Waals surface area contributed by atoms with Crippen molar-refractivity contribution in [3.8, 4) is 0 Å². The van der Waals surface area contributed by atoms with Crippen LogP contribution in [0.25, 0.3) is 0 Å². The summed E-state index contributed by atoms with van der Waals surface area (Å²) in [6.45, 7) is 0.553. The van der Waals surface area contributed by atoms with Gasteiger partial charge in [0.1, 0.15) is 0 Å². The highest BCUT2D eigenvalue weighted by Gasteiger charge is 2.03. The van der Waals surface area contributed by atoms with Gasteiger partial charge in [0.2, 0.25) is 5.91 Å². The van der Waals surface area contributed by atoms with Crippen LogP contribution in [0, 0.1) is 0 Å². The lowest BCUT2D eigenvalue weighted by Crippen LogP contribution is -2.25. The number of carbonyl (C=O) groups excluding carboxylic acids is 1. The molecule has 0 aliphatic heterocycles. The van der Waals surface area contributed by atoms with Crippen LogP contribution in [0.2, 0.25) is 0 Å². The molecule has 1 heterocycles. The van der Waals surface area contributed by atoms with E-state index in [4.69, 9.17) is 5.11 Å². The predicted octanol–water partition coefficient (Wildman–Crippen LogP) is 0.995. The lowest BCUT2D eigenvalue weighted by atomic mass is 10.2. The highest BCUT2D eigenvalue weighted by molar-refractivity contribution is 5.76. The van der Waals surface area contributed by atoms with Gasteiger partial charge in [0.25, 0.3) is 0 Å². The quantitative estimate of drug-likeness (QED) is 0.740. The van der Waals surface area contributed by atoms with Gasteiger partial charge in [-0.2, -0.15) is 0 Å². The van der Waals surface area contributed by atoms with E-state index >= 15 is 0 Å². The molecule has 0 unspecified atom stereocenters. The Labute approximate surface area is 99.9 Å². The third kappa shape index (κ3) is 6.29. The van der Waals surface area contributed by atoms with Crippen LogP contribution in [0.5, 0.6) is 0 Å². The predicted molar refractivity (Wildman–Crippen MR) is 62.4 cm³/mol. The molecule has 0 aromatic carbocycles. The largest absolute Gasteiger partial charge is 0.481 e. The first-order valence-corrected chi connectivity index (χ1v) is 5.56. The van der Waals surface area contributed by atoms with Crippen molar-refractivity contribution in [2.75, 3.05) is 6.54 Å². The van der Waals surface area contributed by atoms with E-state index in [9.17, 15) is 9.59 Å². The van der Waals surface area contributed by atoms with E-state index in [1.807, 2.05) is 12.1 Å². The minimum atomic E-state index is -0.867. The summed E-state index contributed by atoms with van der Waals surface area (Å²) < 4.78 is 0. The number of amides is 1. The molecule has 0 radical (unpaired) electrons. The molecule has 5 heteroatoms. The van der Waals surface area contributed by atoms with Crippen LogP contribution in [0.4, 0.5) is 0 Å². The van der Waals surface area contributed by atoms with Crippen molar-refractivity contribution in [2.45, 2.75) is 25.7 Å². The number of nitrogens with one attached hydrogen (secondary N) is 1. The number of rotatable bonds is 7. The molecule has 2 N–H and O–H groups in total. The summed E-state index contributed by atoms with van der Waals surface area (Å²) in [4.78, 5) is 25.5. The molecule has 5 nitrogen and oxygen atoms in total. The van der Waals surface area contributed by atoms with E-state index in [1.165, 1.54) is 0 Å². The Balaban J connectivity index is 2.10. The summed E-state index contributed by atoms with van der Waals surface area (Å²) in [6.07, 6.45) is 4.88. The zero-order valence-electron chi connectivity index (χ0n) is 9.56. The Bertz CT molecular complexity index is 365. The number of carboxylic acid groups (broad SMARTS) is 1. The Hall–Kier alpha value is -1.91. The minimum absolute atomic E-state index is 0.0377. The summed E-state index contributed by atoms with van der Waals surface area (Å²) in [5.41, 5.74) is 1.07. The van der Waals surface area contributed by atoms with Crippen molar-refractivity contribution in [3.05, 3.63) is 30.1 Å². The summed E-state index contributed by atoms with van der Waals surface area (Å²) in [7, 11) is 0. The van der Waals surface area contributed by atoms with E-state index in [0.717, 1.165) is 12.0 Å². The van der Waals surface area contributed by atoms with Crippen LogP contribution in [-0.4, -0.2) is 28.5 Å². The molecular weight excluding hydrogens is 220 g/mol. The SMILES string of the molecule is O=C(O)CCCC(=O)NCCc1cccnc1. The average molecular weight is 236 g/mol. The van der Waals surface area contributed by atoms with Crippen molar-refractivity contribution < 1.29 is 14.7 Å². The number of hydrogen-bond acceptors (Lipinski definition) is 3. The third-order valence-electron chi connectivity index (χ3n) is 2.25. The number of nitrogens with zero attached hydrogens (tertiary/aromatic N) is 1. The molecule has 0 saturated heterocycles. The van der Waals surface area contributed by atoms with Crippen LogP contribution >= 0.6 is 0 Å². The van der Waals surface area contributed by atoms with Gasteiger partial charge in [0.15, 0.2) is 0 Å². The number of pyridine rings is 1. The molecule has 92 valence electrons. The van der Waals surface area contributed by atoms with E-state index in [2.05, 4.69) is 10.3 Å². The fourth-order valence-corrected chi connectivity index (χ4v) is 1.38. The fourth-order valence-electron chi connectivity index (χ4n) is 1.38. The monoisotopic (exact) mass is 236 g/mol. The molecule has 17 heavy (non-hydrogen) atoms. The lowest BCUT2D eigenvalue weighted by Gasteiger charge is -2.04. The molecule has 0 aliphatic rings. The van der Waals surface area contributed by atoms with Crippen LogP contribution in [0.15, 0.2) is 24.5 Å². The Morgan fingerprint density at radius 3 is 2.82 bits per heavy atom. The minimum Gasteiger partial charge on any atom is -0.481 e. The van der Waals surface area contributed by atoms with Gasteiger partial charge >= 0.3 is 5.97 Å². The van der Waals surface area contributed by atoms with Gasteiger partial charge in [0.05, 0.1) is 0 Å². The molecule has 1 aromatic rings. The molecule has 0 saturated carbocycles. The molecule has 0 spiro atoms. The molecule has 0 fully saturated rings. The van der Waals surface area contributed by atoms with E-state index in [1.54, 1.807) is 12.4 Å². The molecule has 0 atom stereocenters. The second kappa shape index (κ2) is 7.38.